The summed E-state index contributed by atoms with van der Waals surface area (Å²) < 4.78 is 5.02. The molecule has 2 aromatic rings. The Morgan fingerprint density at radius 2 is 2.09 bits per heavy atom. The Hall–Kier alpha value is -1.31. The van der Waals surface area contributed by atoms with E-state index in [-0.39, 0.29) is 0 Å². The second kappa shape index (κ2) is 2.09. The molecule has 0 aliphatic carbocycles. The van der Waals surface area contributed by atoms with E-state index in [1.807, 2.05) is 26.0 Å². The van der Waals surface area contributed by atoms with Crippen LogP contribution in [0.25, 0.3) is 10.9 Å². The van der Waals surface area contributed by atoms with Gasteiger partial charge in [-0.15, -0.1) is 0 Å². The number of benzene rings is 1. The zero-order valence-electron chi connectivity index (χ0n) is 6.59. The fourth-order valence-electron chi connectivity index (χ4n) is 1.18. The maximum Gasteiger partial charge on any atom is 0.141 e. The van der Waals surface area contributed by atoms with E-state index >= 15 is 0 Å². The summed E-state index contributed by atoms with van der Waals surface area (Å²) in [6, 6.07) is 6.12. The van der Waals surface area contributed by atoms with Crippen LogP contribution in [-0.4, -0.2) is 5.16 Å². The molecule has 2 rings (SSSR count). The molecule has 0 amide bonds. The molecule has 0 aliphatic heterocycles. The summed E-state index contributed by atoms with van der Waals surface area (Å²) in [5.74, 6) is 0.889. The highest BCUT2D eigenvalue weighted by atomic mass is 16.5. The Bertz CT molecular complexity index is 389. The first kappa shape index (κ1) is 6.40. The SMILES string of the molecule is Cc1ccc2c(C)onc2c1. The fourth-order valence-corrected chi connectivity index (χ4v) is 1.18. The van der Waals surface area contributed by atoms with Crippen molar-refractivity contribution < 1.29 is 4.52 Å². The number of nitrogens with zero attached hydrogens (tertiary/aromatic N) is 1. The van der Waals surface area contributed by atoms with Gasteiger partial charge in [0.1, 0.15) is 11.3 Å². The van der Waals surface area contributed by atoms with E-state index in [0.717, 1.165) is 16.7 Å². The van der Waals surface area contributed by atoms with E-state index < -0.39 is 0 Å². The molecule has 0 unspecified atom stereocenters. The normalized spacial score (nSPS) is 10.7. The highest BCUT2D eigenvalue weighted by molar-refractivity contribution is 5.80. The monoisotopic (exact) mass is 147 g/mol. The van der Waals surface area contributed by atoms with Gasteiger partial charge in [0, 0.05) is 5.39 Å². The van der Waals surface area contributed by atoms with Gasteiger partial charge in [-0.1, -0.05) is 11.2 Å². The maximum atomic E-state index is 5.02. The molecular weight excluding hydrogens is 138 g/mol. The van der Waals surface area contributed by atoms with Crippen LogP contribution in [0.4, 0.5) is 0 Å². The quantitative estimate of drug-likeness (QED) is 0.572. The summed E-state index contributed by atoms with van der Waals surface area (Å²) in [6.45, 7) is 3.97. The minimum Gasteiger partial charge on any atom is -0.360 e. The molecule has 0 saturated carbocycles. The van der Waals surface area contributed by atoms with Crippen LogP contribution in [0.3, 0.4) is 0 Å². The van der Waals surface area contributed by atoms with Crippen LogP contribution < -0.4 is 0 Å². The average Bonchev–Trinajstić information content (AvgIpc) is 2.32. The number of rotatable bonds is 0. The molecule has 2 nitrogen and oxygen atoms in total. The highest BCUT2D eigenvalue weighted by Crippen LogP contribution is 2.17. The van der Waals surface area contributed by atoms with Crippen molar-refractivity contribution in [3.8, 4) is 0 Å². The number of hydrogen-bond acceptors (Lipinski definition) is 2. The first-order valence-corrected chi connectivity index (χ1v) is 3.60. The zero-order valence-corrected chi connectivity index (χ0v) is 6.59. The Morgan fingerprint density at radius 3 is 2.91 bits per heavy atom. The first-order chi connectivity index (χ1) is 5.27. The Balaban J connectivity index is 2.86. The van der Waals surface area contributed by atoms with Gasteiger partial charge in [-0.05, 0) is 31.5 Å². The fraction of sp³-hybridized carbons (Fsp3) is 0.222. The molecule has 0 saturated heterocycles. The van der Waals surface area contributed by atoms with Crippen LogP contribution in [0.5, 0.6) is 0 Å². The van der Waals surface area contributed by atoms with Gasteiger partial charge < -0.3 is 4.52 Å². The molecule has 1 aromatic carbocycles. The third-order valence-corrected chi connectivity index (χ3v) is 1.81. The predicted octanol–water partition coefficient (Wildman–Crippen LogP) is 2.44. The van der Waals surface area contributed by atoms with Gasteiger partial charge in [0.05, 0.1) is 0 Å². The molecule has 0 spiro atoms. The molecule has 56 valence electrons. The van der Waals surface area contributed by atoms with E-state index in [1.54, 1.807) is 0 Å². The topological polar surface area (TPSA) is 26.0 Å². The van der Waals surface area contributed by atoms with Gasteiger partial charge in [0.25, 0.3) is 0 Å². The summed E-state index contributed by atoms with van der Waals surface area (Å²) >= 11 is 0. The third kappa shape index (κ3) is 0.909. The molecule has 0 aliphatic rings. The number of fused-ring (bicyclic) bond motifs is 1. The minimum atomic E-state index is 0.889. The van der Waals surface area contributed by atoms with Gasteiger partial charge in [-0.3, -0.25) is 0 Å². The Labute approximate surface area is 64.8 Å². The van der Waals surface area contributed by atoms with E-state index in [2.05, 4.69) is 11.2 Å². The van der Waals surface area contributed by atoms with Crippen molar-refractivity contribution in [3.05, 3.63) is 29.5 Å². The van der Waals surface area contributed by atoms with Crippen molar-refractivity contribution in [2.75, 3.05) is 0 Å². The van der Waals surface area contributed by atoms with Gasteiger partial charge in [0.2, 0.25) is 0 Å². The third-order valence-electron chi connectivity index (χ3n) is 1.81. The van der Waals surface area contributed by atoms with Crippen molar-refractivity contribution in [2.24, 2.45) is 0 Å². The van der Waals surface area contributed by atoms with E-state index in [4.69, 9.17) is 4.52 Å². The largest absolute Gasteiger partial charge is 0.360 e. The predicted molar refractivity (Wildman–Crippen MR) is 43.5 cm³/mol. The number of aromatic nitrogens is 1. The summed E-state index contributed by atoms with van der Waals surface area (Å²) in [5, 5.41) is 5.01. The first-order valence-electron chi connectivity index (χ1n) is 3.60. The average molecular weight is 147 g/mol. The molecule has 0 radical (unpaired) electrons. The summed E-state index contributed by atoms with van der Waals surface area (Å²) in [7, 11) is 0. The van der Waals surface area contributed by atoms with Crippen LogP contribution in [0.1, 0.15) is 11.3 Å². The molecule has 1 aromatic heterocycles. The summed E-state index contributed by atoms with van der Waals surface area (Å²) in [4.78, 5) is 0. The Kier molecular flexibility index (Phi) is 1.22. The lowest BCUT2D eigenvalue weighted by atomic mass is 10.1. The van der Waals surface area contributed by atoms with Crippen molar-refractivity contribution in [1.29, 1.82) is 0 Å². The zero-order chi connectivity index (χ0) is 7.84. The smallest absolute Gasteiger partial charge is 0.141 e. The molecule has 0 bridgehead atoms. The molecule has 1 heterocycles. The second-order valence-corrected chi connectivity index (χ2v) is 2.76. The minimum absolute atomic E-state index is 0.889. The molecule has 0 fully saturated rings. The van der Waals surface area contributed by atoms with Crippen LogP contribution in [0, 0.1) is 13.8 Å². The van der Waals surface area contributed by atoms with Gasteiger partial charge in [0.15, 0.2) is 0 Å². The number of aryl methyl sites for hydroxylation is 2. The molecule has 2 heteroatoms. The van der Waals surface area contributed by atoms with Crippen LogP contribution in [0.15, 0.2) is 22.7 Å². The van der Waals surface area contributed by atoms with Crippen molar-refractivity contribution in [1.82, 2.24) is 5.16 Å². The molecule has 11 heavy (non-hydrogen) atoms. The van der Waals surface area contributed by atoms with Crippen molar-refractivity contribution in [2.45, 2.75) is 13.8 Å². The molecular formula is C9H9NO. The number of hydrogen-bond donors (Lipinski definition) is 0. The lowest BCUT2D eigenvalue weighted by molar-refractivity contribution is 0.405. The van der Waals surface area contributed by atoms with Gasteiger partial charge >= 0.3 is 0 Å². The summed E-state index contributed by atoms with van der Waals surface area (Å²) in [6.07, 6.45) is 0. The van der Waals surface area contributed by atoms with Crippen molar-refractivity contribution >= 4 is 10.9 Å². The van der Waals surface area contributed by atoms with E-state index in [1.165, 1.54) is 5.56 Å². The summed E-state index contributed by atoms with van der Waals surface area (Å²) in [5.41, 5.74) is 2.16. The lowest BCUT2D eigenvalue weighted by Crippen LogP contribution is -1.71. The van der Waals surface area contributed by atoms with Gasteiger partial charge in [-0.25, -0.2) is 0 Å². The van der Waals surface area contributed by atoms with E-state index in [9.17, 15) is 0 Å². The van der Waals surface area contributed by atoms with Crippen LogP contribution in [-0.2, 0) is 0 Å². The molecule has 0 atom stereocenters. The van der Waals surface area contributed by atoms with Crippen LogP contribution >= 0.6 is 0 Å². The maximum absolute atomic E-state index is 5.02. The molecule has 0 N–H and O–H groups in total. The standard InChI is InChI=1S/C9H9NO/c1-6-3-4-8-7(2)11-10-9(8)5-6/h3-5H,1-2H3. The Morgan fingerprint density at radius 1 is 1.27 bits per heavy atom. The lowest BCUT2D eigenvalue weighted by Gasteiger charge is -1.88. The van der Waals surface area contributed by atoms with Crippen LogP contribution in [0.2, 0.25) is 0 Å². The van der Waals surface area contributed by atoms with Gasteiger partial charge in [-0.2, -0.15) is 0 Å². The van der Waals surface area contributed by atoms with E-state index in [0.29, 0.717) is 0 Å². The highest BCUT2D eigenvalue weighted by Gasteiger charge is 2.01. The second-order valence-electron chi connectivity index (χ2n) is 2.76. The van der Waals surface area contributed by atoms with Crippen molar-refractivity contribution in [3.63, 3.8) is 0 Å².